The highest BCUT2D eigenvalue weighted by molar-refractivity contribution is 6.02. The number of aliphatic hydroxyl groups excluding tert-OH is 1. The number of fused-ring (bicyclic) bond motifs is 1. The van der Waals surface area contributed by atoms with Crippen LogP contribution in [0.5, 0.6) is 0 Å². The Labute approximate surface area is 92.7 Å². The van der Waals surface area contributed by atoms with Gasteiger partial charge in [0.1, 0.15) is 0 Å². The molecule has 0 saturated heterocycles. The first-order valence-electron chi connectivity index (χ1n) is 5.16. The molecule has 84 valence electrons. The Hall–Kier alpha value is -1.81. The maximum atomic E-state index is 11.0. The second kappa shape index (κ2) is 4.37. The molecule has 0 aliphatic rings. The number of carboxylic acids is 1. The molecule has 1 heterocycles. The van der Waals surface area contributed by atoms with E-state index < -0.39 is 5.97 Å². The van der Waals surface area contributed by atoms with Gasteiger partial charge in [0.25, 0.3) is 0 Å². The Bertz CT molecular complexity index is 516. The molecule has 0 fully saturated rings. The maximum Gasteiger partial charge on any atom is 0.336 e. The van der Waals surface area contributed by atoms with Crippen LogP contribution in [0, 0.1) is 0 Å². The summed E-state index contributed by atoms with van der Waals surface area (Å²) in [6.45, 7) is 0.835. The van der Waals surface area contributed by atoms with Crippen molar-refractivity contribution < 1.29 is 15.0 Å². The van der Waals surface area contributed by atoms with Crippen LogP contribution in [0.2, 0.25) is 0 Å². The molecule has 0 aliphatic carbocycles. The molecule has 2 N–H and O–H groups in total. The van der Waals surface area contributed by atoms with Crippen molar-refractivity contribution in [3.05, 3.63) is 36.0 Å². The summed E-state index contributed by atoms with van der Waals surface area (Å²) in [4.78, 5) is 11.0. The molecule has 2 rings (SSSR count). The molecule has 1 aromatic carbocycles. The van der Waals surface area contributed by atoms with E-state index in [0.29, 0.717) is 18.5 Å². The number of aliphatic hydroxyl groups is 1. The summed E-state index contributed by atoms with van der Waals surface area (Å²) in [6, 6.07) is 7.03. The first-order valence-corrected chi connectivity index (χ1v) is 5.16. The highest BCUT2D eigenvalue weighted by Crippen LogP contribution is 2.20. The predicted molar refractivity (Wildman–Crippen MR) is 60.6 cm³/mol. The van der Waals surface area contributed by atoms with Crippen LogP contribution in [-0.4, -0.2) is 27.4 Å². The molecule has 0 bridgehead atoms. The zero-order chi connectivity index (χ0) is 11.5. The van der Waals surface area contributed by atoms with Crippen molar-refractivity contribution >= 4 is 16.9 Å². The van der Waals surface area contributed by atoms with E-state index in [4.69, 9.17) is 10.2 Å². The molecule has 0 aliphatic heterocycles. The highest BCUT2D eigenvalue weighted by Gasteiger charge is 2.10. The fourth-order valence-electron chi connectivity index (χ4n) is 1.85. The Morgan fingerprint density at radius 2 is 2.12 bits per heavy atom. The summed E-state index contributed by atoms with van der Waals surface area (Å²) < 4.78 is 1.96. The number of aryl methyl sites for hydroxylation is 1. The number of hydrogen-bond donors (Lipinski definition) is 2. The molecule has 0 radical (unpaired) electrons. The van der Waals surface area contributed by atoms with Gasteiger partial charge in [0, 0.05) is 30.3 Å². The van der Waals surface area contributed by atoms with E-state index in [0.717, 1.165) is 10.9 Å². The molecular formula is C12H13NO3. The lowest BCUT2D eigenvalue weighted by Gasteiger charge is -2.04. The van der Waals surface area contributed by atoms with Crippen LogP contribution in [0.4, 0.5) is 0 Å². The first kappa shape index (κ1) is 10.7. The van der Waals surface area contributed by atoms with Crippen molar-refractivity contribution in [3.63, 3.8) is 0 Å². The summed E-state index contributed by atoms with van der Waals surface area (Å²) in [5.41, 5.74) is 1.22. The lowest BCUT2D eigenvalue weighted by Crippen LogP contribution is -2.00. The van der Waals surface area contributed by atoms with Gasteiger partial charge >= 0.3 is 5.97 Å². The number of carbonyl (C=O) groups is 1. The van der Waals surface area contributed by atoms with Gasteiger partial charge in [-0.15, -0.1) is 0 Å². The standard InChI is InChI=1S/C12H13NO3/c14-8-2-6-13-7-5-9-10(12(15)16)3-1-4-11(9)13/h1,3-5,7,14H,2,6,8H2,(H,15,16). The predicted octanol–water partition coefficient (Wildman–Crippen LogP) is 1.72. The van der Waals surface area contributed by atoms with Crippen molar-refractivity contribution in [3.8, 4) is 0 Å². The van der Waals surface area contributed by atoms with Gasteiger partial charge in [-0.3, -0.25) is 0 Å². The van der Waals surface area contributed by atoms with Crippen molar-refractivity contribution in [2.24, 2.45) is 0 Å². The zero-order valence-corrected chi connectivity index (χ0v) is 8.76. The SMILES string of the molecule is O=C(O)c1cccc2c1ccn2CCCO. The largest absolute Gasteiger partial charge is 0.478 e. The average molecular weight is 219 g/mol. The van der Waals surface area contributed by atoms with E-state index in [1.54, 1.807) is 18.2 Å². The molecule has 0 spiro atoms. The van der Waals surface area contributed by atoms with E-state index in [9.17, 15) is 4.79 Å². The number of aromatic carboxylic acids is 1. The van der Waals surface area contributed by atoms with Crippen LogP contribution in [-0.2, 0) is 6.54 Å². The molecule has 2 aromatic rings. The first-order chi connectivity index (χ1) is 7.74. The van der Waals surface area contributed by atoms with Gasteiger partial charge in [0.15, 0.2) is 0 Å². The van der Waals surface area contributed by atoms with Crippen molar-refractivity contribution in [1.82, 2.24) is 4.57 Å². The molecule has 0 amide bonds. The third-order valence-electron chi connectivity index (χ3n) is 2.60. The molecule has 1 aromatic heterocycles. The topological polar surface area (TPSA) is 62.5 Å². The number of hydrogen-bond acceptors (Lipinski definition) is 2. The second-order valence-electron chi connectivity index (χ2n) is 3.63. The molecule has 4 nitrogen and oxygen atoms in total. The van der Waals surface area contributed by atoms with Gasteiger partial charge in [0.2, 0.25) is 0 Å². The van der Waals surface area contributed by atoms with Crippen LogP contribution in [0.25, 0.3) is 10.9 Å². The smallest absolute Gasteiger partial charge is 0.336 e. The van der Waals surface area contributed by atoms with E-state index >= 15 is 0 Å². The Balaban J connectivity index is 2.48. The minimum Gasteiger partial charge on any atom is -0.478 e. The van der Waals surface area contributed by atoms with Crippen LogP contribution in [0.3, 0.4) is 0 Å². The summed E-state index contributed by atoms with van der Waals surface area (Å²) in [6.07, 6.45) is 2.52. The number of rotatable bonds is 4. The fraction of sp³-hybridized carbons (Fsp3) is 0.250. The third kappa shape index (κ3) is 1.79. The van der Waals surface area contributed by atoms with E-state index in [2.05, 4.69) is 0 Å². The van der Waals surface area contributed by atoms with Gasteiger partial charge in [-0.25, -0.2) is 4.79 Å². The van der Waals surface area contributed by atoms with E-state index in [1.807, 2.05) is 16.8 Å². The second-order valence-corrected chi connectivity index (χ2v) is 3.63. The number of aromatic nitrogens is 1. The van der Waals surface area contributed by atoms with E-state index in [-0.39, 0.29) is 6.61 Å². The molecule has 0 unspecified atom stereocenters. The zero-order valence-electron chi connectivity index (χ0n) is 8.76. The van der Waals surface area contributed by atoms with Crippen LogP contribution < -0.4 is 0 Å². The van der Waals surface area contributed by atoms with Gasteiger partial charge in [-0.2, -0.15) is 0 Å². The third-order valence-corrected chi connectivity index (χ3v) is 2.60. The van der Waals surface area contributed by atoms with Gasteiger partial charge in [0.05, 0.1) is 5.56 Å². The molecule has 4 heteroatoms. The monoisotopic (exact) mass is 219 g/mol. The fourth-order valence-corrected chi connectivity index (χ4v) is 1.85. The van der Waals surface area contributed by atoms with Gasteiger partial charge < -0.3 is 14.8 Å². The quantitative estimate of drug-likeness (QED) is 0.823. The van der Waals surface area contributed by atoms with Crippen molar-refractivity contribution in [2.45, 2.75) is 13.0 Å². The van der Waals surface area contributed by atoms with E-state index in [1.165, 1.54) is 0 Å². The van der Waals surface area contributed by atoms with Gasteiger partial charge in [-0.05, 0) is 24.6 Å². The minimum atomic E-state index is -0.912. The average Bonchev–Trinajstić information content (AvgIpc) is 2.69. The number of carboxylic acid groups (broad SMARTS) is 1. The lowest BCUT2D eigenvalue weighted by atomic mass is 10.1. The number of nitrogens with zero attached hydrogens (tertiary/aromatic N) is 1. The lowest BCUT2D eigenvalue weighted by molar-refractivity contribution is 0.0699. The Morgan fingerprint density at radius 3 is 2.81 bits per heavy atom. The summed E-state index contributed by atoms with van der Waals surface area (Å²) in [5.74, 6) is -0.912. The molecule has 0 saturated carbocycles. The summed E-state index contributed by atoms with van der Waals surface area (Å²) in [7, 11) is 0. The Morgan fingerprint density at radius 1 is 1.31 bits per heavy atom. The van der Waals surface area contributed by atoms with Crippen LogP contribution in [0.15, 0.2) is 30.5 Å². The van der Waals surface area contributed by atoms with Crippen LogP contribution >= 0.6 is 0 Å². The summed E-state index contributed by atoms with van der Waals surface area (Å²) in [5, 5.41) is 18.5. The summed E-state index contributed by atoms with van der Waals surface area (Å²) >= 11 is 0. The normalized spacial score (nSPS) is 10.8. The Kier molecular flexibility index (Phi) is 2.92. The highest BCUT2D eigenvalue weighted by atomic mass is 16.4. The van der Waals surface area contributed by atoms with Crippen LogP contribution in [0.1, 0.15) is 16.8 Å². The molecule has 16 heavy (non-hydrogen) atoms. The molecular weight excluding hydrogens is 206 g/mol. The number of benzene rings is 1. The maximum absolute atomic E-state index is 11.0. The van der Waals surface area contributed by atoms with Crippen molar-refractivity contribution in [1.29, 1.82) is 0 Å². The van der Waals surface area contributed by atoms with Crippen molar-refractivity contribution in [2.75, 3.05) is 6.61 Å². The molecule has 0 atom stereocenters. The minimum absolute atomic E-state index is 0.137. The van der Waals surface area contributed by atoms with Gasteiger partial charge in [-0.1, -0.05) is 6.07 Å².